The van der Waals surface area contributed by atoms with Crippen LogP contribution in [0.5, 0.6) is 0 Å². The number of aliphatic hydroxyl groups is 1. The molecule has 0 spiro atoms. The van der Waals surface area contributed by atoms with Gasteiger partial charge in [0.25, 0.3) is 15.9 Å². The average Bonchev–Trinajstić information content (AvgIpc) is 3.56. The molecule has 208 valence electrons. The first-order valence-corrected chi connectivity index (χ1v) is 16.4. The fraction of sp³-hybridized carbons (Fsp3) is 0.417. The van der Waals surface area contributed by atoms with E-state index >= 15 is 0 Å². The summed E-state index contributed by atoms with van der Waals surface area (Å²) in [6.07, 6.45) is 3.40. The van der Waals surface area contributed by atoms with E-state index in [1.165, 1.54) is 16.3 Å². The van der Waals surface area contributed by atoms with Crippen LogP contribution in [0.3, 0.4) is 0 Å². The number of nitrogens with zero attached hydrogens (tertiary/aromatic N) is 2. The van der Waals surface area contributed by atoms with Gasteiger partial charge >= 0.3 is 0 Å². The minimum absolute atomic E-state index is 0.0652. The summed E-state index contributed by atoms with van der Waals surface area (Å²) in [5.41, 5.74) is -0.0167. The molecule has 0 radical (unpaired) electrons. The second-order valence-corrected chi connectivity index (χ2v) is 14.6. The van der Waals surface area contributed by atoms with Crippen LogP contribution in [0, 0.1) is 29.4 Å². The highest BCUT2D eigenvalue weighted by atomic mass is 32.2. The van der Waals surface area contributed by atoms with Crippen molar-refractivity contribution < 1.29 is 35.5 Å². The van der Waals surface area contributed by atoms with Crippen molar-refractivity contribution in [1.82, 2.24) is 9.62 Å². The molecular formula is C24H24F2N4O6S3. The number of rotatable bonds is 6. The van der Waals surface area contributed by atoms with Gasteiger partial charge in [0, 0.05) is 42.2 Å². The summed E-state index contributed by atoms with van der Waals surface area (Å²) in [4.78, 5) is 15.1. The van der Waals surface area contributed by atoms with Gasteiger partial charge in [0.1, 0.15) is 32.9 Å². The zero-order valence-corrected chi connectivity index (χ0v) is 23.0. The number of hydrogen-bond donors (Lipinski definition) is 3. The van der Waals surface area contributed by atoms with E-state index in [-0.39, 0.29) is 63.1 Å². The van der Waals surface area contributed by atoms with E-state index in [1.54, 1.807) is 0 Å². The van der Waals surface area contributed by atoms with Crippen LogP contribution in [0.15, 0.2) is 44.2 Å². The van der Waals surface area contributed by atoms with Crippen molar-refractivity contribution in [1.29, 1.82) is 0 Å². The third-order valence-corrected chi connectivity index (χ3v) is 11.1. The standard InChI is InChI=1S/C24H24F2N4O6S3/c1-38(33,34)27-8-14-10-37-23-21(14)39(35,36)29-22(28-23)18-20(31)17-11-2-3-12(6-11)19(17)30(24(18)32)9-13-4-5-15(25)7-16(13)26/h4-5,7,10-12,17,19,27,31H,2-3,6,8-9H2,1H3,(H,28,29)/t11-,12?,17+,19-/m0/s1. The summed E-state index contributed by atoms with van der Waals surface area (Å²) in [6.45, 7) is -0.454. The number of anilines is 1. The summed E-state index contributed by atoms with van der Waals surface area (Å²) in [5.74, 6) is -3.16. The van der Waals surface area contributed by atoms with Gasteiger partial charge in [0.2, 0.25) is 10.0 Å². The first-order chi connectivity index (χ1) is 18.3. The maximum atomic E-state index is 14.6. The van der Waals surface area contributed by atoms with Crippen LogP contribution in [0.4, 0.5) is 13.8 Å². The monoisotopic (exact) mass is 598 g/mol. The van der Waals surface area contributed by atoms with Crippen molar-refractivity contribution >= 4 is 48.1 Å². The highest BCUT2D eigenvalue weighted by molar-refractivity contribution is 7.91. The van der Waals surface area contributed by atoms with Crippen molar-refractivity contribution in [3.63, 3.8) is 0 Å². The normalized spacial score (nSPS) is 27.3. The van der Waals surface area contributed by atoms with Gasteiger partial charge < -0.3 is 15.3 Å². The molecule has 2 aromatic rings. The van der Waals surface area contributed by atoms with E-state index in [9.17, 15) is 35.5 Å². The zero-order valence-electron chi connectivity index (χ0n) is 20.5. The number of hydrogen-bond acceptors (Lipinski definition) is 8. The highest BCUT2D eigenvalue weighted by Gasteiger charge is 2.57. The maximum absolute atomic E-state index is 14.6. The Morgan fingerprint density at radius 1 is 1.23 bits per heavy atom. The molecule has 15 heteroatoms. The Morgan fingerprint density at radius 3 is 2.69 bits per heavy atom. The molecule has 2 aliphatic heterocycles. The summed E-state index contributed by atoms with van der Waals surface area (Å²) in [7, 11) is -7.97. The molecule has 2 aliphatic carbocycles. The number of carbonyl (C=O) groups is 1. The second kappa shape index (κ2) is 9.08. The first kappa shape index (κ1) is 26.3. The van der Waals surface area contributed by atoms with Crippen molar-refractivity contribution in [3.8, 4) is 0 Å². The molecule has 1 aromatic carbocycles. The Bertz CT molecular complexity index is 1680. The predicted octanol–water partition coefficient (Wildman–Crippen LogP) is 2.86. The van der Waals surface area contributed by atoms with Crippen LogP contribution in [0.25, 0.3) is 0 Å². The van der Waals surface area contributed by atoms with E-state index in [4.69, 9.17) is 0 Å². The maximum Gasteiger partial charge on any atom is 0.287 e. The lowest BCUT2D eigenvalue weighted by atomic mass is 9.77. The fourth-order valence-corrected chi connectivity index (χ4v) is 9.39. The number of thiophene rings is 1. The molecule has 6 rings (SSSR count). The average molecular weight is 599 g/mol. The third-order valence-electron chi connectivity index (χ3n) is 7.91. The number of sulfonamides is 2. The molecule has 0 saturated heterocycles. The van der Waals surface area contributed by atoms with Crippen LogP contribution < -0.4 is 10.0 Å². The molecular weight excluding hydrogens is 574 g/mol. The third kappa shape index (κ3) is 4.44. The highest BCUT2D eigenvalue weighted by Crippen LogP contribution is 2.55. The van der Waals surface area contributed by atoms with E-state index in [0.29, 0.717) is 0 Å². The predicted molar refractivity (Wildman–Crippen MR) is 139 cm³/mol. The molecule has 2 fully saturated rings. The SMILES string of the molecule is CS(=O)(=O)NCc1csc2c1S(=O)(=O)N=C(C1=C(O)[C@@H]3[C@H]4CCC(C4)[C@@H]3N(Cc3ccc(F)cc3F)C1=O)N2. The van der Waals surface area contributed by atoms with Gasteiger partial charge in [-0.15, -0.1) is 15.7 Å². The van der Waals surface area contributed by atoms with Crippen LogP contribution in [0.1, 0.15) is 30.4 Å². The Balaban J connectivity index is 1.40. The molecule has 10 nitrogen and oxygen atoms in total. The number of halogens is 2. The molecule has 1 aromatic heterocycles. The van der Waals surface area contributed by atoms with Crippen LogP contribution >= 0.6 is 11.3 Å². The largest absolute Gasteiger partial charge is 0.511 e. The molecule has 39 heavy (non-hydrogen) atoms. The topological polar surface area (TPSA) is 145 Å². The van der Waals surface area contributed by atoms with Gasteiger partial charge in [-0.05, 0) is 42.5 Å². The first-order valence-electron chi connectivity index (χ1n) is 12.2. The quantitative estimate of drug-likeness (QED) is 0.464. The lowest BCUT2D eigenvalue weighted by Gasteiger charge is -2.44. The Hall–Kier alpha value is -2.88. The molecule has 1 amide bonds. The molecule has 3 heterocycles. The van der Waals surface area contributed by atoms with Gasteiger partial charge in [-0.3, -0.25) is 4.79 Å². The molecule has 2 saturated carbocycles. The number of fused-ring (bicyclic) bond motifs is 6. The zero-order chi connectivity index (χ0) is 27.9. The van der Waals surface area contributed by atoms with Gasteiger partial charge in [-0.25, -0.2) is 21.9 Å². The minimum Gasteiger partial charge on any atom is -0.511 e. The van der Waals surface area contributed by atoms with E-state index in [2.05, 4.69) is 14.4 Å². The summed E-state index contributed by atoms with van der Waals surface area (Å²) < 4.78 is 83.7. The van der Waals surface area contributed by atoms with Crippen LogP contribution in [-0.2, 0) is 37.9 Å². The number of aliphatic hydroxyl groups excluding tert-OH is 1. The van der Waals surface area contributed by atoms with E-state index in [1.807, 2.05) is 0 Å². The van der Waals surface area contributed by atoms with Crippen molar-refractivity contribution in [3.05, 3.63) is 57.7 Å². The molecule has 2 bridgehead atoms. The van der Waals surface area contributed by atoms with Crippen molar-refractivity contribution in [2.24, 2.45) is 22.2 Å². The number of carbonyl (C=O) groups excluding carboxylic acids is 1. The number of amides is 1. The summed E-state index contributed by atoms with van der Waals surface area (Å²) in [6, 6.07) is 2.71. The van der Waals surface area contributed by atoms with Gasteiger partial charge in [0.05, 0.1) is 6.26 Å². The Kier molecular flexibility index (Phi) is 6.13. The summed E-state index contributed by atoms with van der Waals surface area (Å²) >= 11 is 0.993. The van der Waals surface area contributed by atoms with Gasteiger partial charge in [-0.1, -0.05) is 6.07 Å². The minimum atomic E-state index is -4.38. The smallest absolute Gasteiger partial charge is 0.287 e. The van der Waals surface area contributed by atoms with E-state index < -0.39 is 49.5 Å². The van der Waals surface area contributed by atoms with Gasteiger partial charge in [-0.2, -0.15) is 8.42 Å². The van der Waals surface area contributed by atoms with Crippen molar-refractivity contribution in [2.75, 3.05) is 11.6 Å². The van der Waals surface area contributed by atoms with Gasteiger partial charge in [0.15, 0.2) is 5.84 Å². The van der Waals surface area contributed by atoms with Crippen LogP contribution in [-0.4, -0.2) is 50.9 Å². The number of nitrogens with one attached hydrogen (secondary N) is 2. The lowest BCUT2D eigenvalue weighted by molar-refractivity contribution is -0.134. The molecule has 4 aliphatic rings. The lowest BCUT2D eigenvalue weighted by Crippen LogP contribution is -2.53. The second-order valence-electron chi connectivity index (χ2n) is 10.3. The molecule has 3 N–H and O–H groups in total. The number of benzene rings is 1. The van der Waals surface area contributed by atoms with E-state index in [0.717, 1.165) is 49.0 Å². The Labute approximate surface area is 227 Å². The number of amidine groups is 1. The molecule has 1 unspecified atom stereocenters. The van der Waals surface area contributed by atoms with Crippen LogP contribution in [0.2, 0.25) is 0 Å². The molecule has 4 atom stereocenters. The Morgan fingerprint density at radius 2 is 1.97 bits per heavy atom. The summed E-state index contributed by atoms with van der Waals surface area (Å²) in [5, 5.41) is 15.8. The van der Waals surface area contributed by atoms with Crippen molar-refractivity contribution in [2.45, 2.75) is 43.3 Å². The fourth-order valence-electron chi connectivity index (χ4n) is 6.37.